The van der Waals surface area contributed by atoms with Crippen molar-refractivity contribution in [2.75, 3.05) is 0 Å². The molecule has 2 heterocycles. The summed E-state index contributed by atoms with van der Waals surface area (Å²) in [5, 5.41) is 16.4. The van der Waals surface area contributed by atoms with Crippen LogP contribution < -0.4 is 0 Å². The molecule has 2 aromatic heterocycles. The van der Waals surface area contributed by atoms with Gasteiger partial charge in [-0.15, -0.1) is 0 Å². The summed E-state index contributed by atoms with van der Waals surface area (Å²) in [5.41, 5.74) is 0.887. The zero-order chi connectivity index (χ0) is 10.8. The number of aromatic carboxylic acids is 1. The number of carbonyl (C=O) groups is 1. The molecule has 0 spiro atoms. The highest BCUT2D eigenvalue weighted by molar-refractivity contribution is 5.85. The number of hydrogen-bond acceptors (Lipinski definition) is 4. The Balaban J connectivity index is 2.24. The van der Waals surface area contributed by atoms with Crippen molar-refractivity contribution in [2.24, 2.45) is 0 Å². The van der Waals surface area contributed by atoms with E-state index in [0.717, 1.165) is 5.69 Å². The first kappa shape index (κ1) is 9.45. The topological polar surface area (TPSA) is 81.2 Å². The highest BCUT2D eigenvalue weighted by atomic mass is 16.5. The summed E-state index contributed by atoms with van der Waals surface area (Å²) in [4.78, 5) is 10.8. The number of rotatable bonds is 3. The van der Waals surface area contributed by atoms with Crippen LogP contribution in [0.3, 0.4) is 0 Å². The SMILES string of the molecule is Cc1cc(Cn2nccc2C(=O)O)on1. The molecule has 6 heteroatoms. The molecule has 0 aliphatic carbocycles. The molecule has 0 unspecified atom stereocenters. The minimum Gasteiger partial charge on any atom is -0.477 e. The molecule has 2 rings (SSSR count). The van der Waals surface area contributed by atoms with Crippen molar-refractivity contribution in [1.82, 2.24) is 14.9 Å². The van der Waals surface area contributed by atoms with Gasteiger partial charge in [0.15, 0.2) is 5.76 Å². The number of aromatic nitrogens is 3. The van der Waals surface area contributed by atoms with Gasteiger partial charge in [0, 0.05) is 12.3 Å². The van der Waals surface area contributed by atoms with Gasteiger partial charge in [0.1, 0.15) is 12.2 Å². The molecule has 0 aliphatic rings. The normalized spacial score (nSPS) is 10.5. The van der Waals surface area contributed by atoms with E-state index in [1.165, 1.54) is 16.9 Å². The first-order valence-electron chi connectivity index (χ1n) is 4.34. The van der Waals surface area contributed by atoms with E-state index in [9.17, 15) is 4.79 Å². The third kappa shape index (κ3) is 1.88. The number of aryl methyl sites for hydroxylation is 1. The summed E-state index contributed by atoms with van der Waals surface area (Å²) < 4.78 is 6.32. The fourth-order valence-corrected chi connectivity index (χ4v) is 1.28. The molecule has 0 radical (unpaired) electrons. The molecule has 0 aliphatic heterocycles. The Hall–Kier alpha value is -2.11. The van der Waals surface area contributed by atoms with E-state index < -0.39 is 5.97 Å². The molecule has 0 saturated carbocycles. The molecular formula is C9H9N3O3. The van der Waals surface area contributed by atoms with Gasteiger partial charge in [0.25, 0.3) is 0 Å². The Kier molecular flexibility index (Phi) is 2.24. The van der Waals surface area contributed by atoms with Crippen LogP contribution in [0.4, 0.5) is 0 Å². The van der Waals surface area contributed by atoms with Crippen molar-refractivity contribution in [2.45, 2.75) is 13.5 Å². The Morgan fingerprint density at radius 3 is 3.07 bits per heavy atom. The van der Waals surface area contributed by atoms with E-state index in [4.69, 9.17) is 9.63 Å². The van der Waals surface area contributed by atoms with Crippen molar-refractivity contribution < 1.29 is 14.4 Å². The molecular weight excluding hydrogens is 198 g/mol. The zero-order valence-corrected chi connectivity index (χ0v) is 8.04. The van der Waals surface area contributed by atoms with Gasteiger partial charge in [-0.1, -0.05) is 5.16 Å². The number of nitrogens with zero attached hydrogens (tertiary/aromatic N) is 3. The van der Waals surface area contributed by atoms with E-state index in [0.29, 0.717) is 5.76 Å². The summed E-state index contributed by atoms with van der Waals surface area (Å²) >= 11 is 0. The van der Waals surface area contributed by atoms with Gasteiger partial charge in [0.2, 0.25) is 0 Å². The third-order valence-corrected chi connectivity index (χ3v) is 1.92. The molecule has 15 heavy (non-hydrogen) atoms. The summed E-state index contributed by atoms with van der Waals surface area (Å²) in [6.07, 6.45) is 1.44. The van der Waals surface area contributed by atoms with Gasteiger partial charge >= 0.3 is 5.97 Å². The van der Waals surface area contributed by atoms with Gasteiger partial charge in [0.05, 0.1) is 5.69 Å². The lowest BCUT2D eigenvalue weighted by atomic mass is 10.3. The van der Waals surface area contributed by atoms with Crippen LogP contribution in [0, 0.1) is 6.92 Å². The van der Waals surface area contributed by atoms with Crippen LogP contribution in [0.1, 0.15) is 21.9 Å². The second-order valence-corrected chi connectivity index (χ2v) is 3.11. The Morgan fingerprint density at radius 2 is 2.47 bits per heavy atom. The van der Waals surface area contributed by atoms with Crippen LogP contribution in [0.25, 0.3) is 0 Å². The quantitative estimate of drug-likeness (QED) is 0.809. The second-order valence-electron chi connectivity index (χ2n) is 3.11. The molecule has 2 aromatic rings. The lowest BCUT2D eigenvalue weighted by molar-refractivity contribution is 0.0683. The predicted molar refractivity (Wildman–Crippen MR) is 49.5 cm³/mol. The Labute approximate surface area is 85.1 Å². The Bertz CT molecular complexity index is 486. The van der Waals surface area contributed by atoms with Crippen LogP contribution in [0.5, 0.6) is 0 Å². The van der Waals surface area contributed by atoms with E-state index >= 15 is 0 Å². The van der Waals surface area contributed by atoms with Gasteiger partial charge < -0.3 is 9.63 Å². The summed E-state index contributed by atoms with van der Waals surface area (Å²) in [7, 11) is 0. The molecule has 0 bridgehead atoms. The van der Waals surface area contributed by atoms with E-state index in [1.807, 2.05) is 0 Å². The van der Waals surface area contributed by atoms with Gasteiger partial charge in [-0.05, 0) is 13.0 Å². The summed E-state index contributed by atoms with van der Waals surface area (Å²) in [5.74, 6) is -0.428. The van der Waals surface area contributed by atoms with Crippen LogP contribution >= 0.6 is 0 Å². The fourth-order valence-electron chi connectivity index (χ4n) is 1.28. The van der Waals surface area contributed by atoms with Gasteiger partial charge in [-0.2, -0.15) is 5.10 Å². The highest BCUT2D eigenvalue weighted by Gasteiger charge is 2.11. The monoisotopic (exact) mass is 207 g/mol. The summed E-state index contributed by atoms with van der Waals surface area (Å²) in [6.45, 7) is 2.07. The second kappa shape index (κ2) is 3.56. The first-order valence-corrected chi connectivity index (χ1v) is 4.34. The molecule has 6 nitrogen and oxygen atoms in total. The first-order chi connectivity index (χ1) is 7.16. The zero-order valence-electron chi connectivity index (χ0n) is 8.04. The van der Waals surface area contributed by atoms with Gasteiger partial charge in [-0.3, -0.25) is 4.68 Å². The Morgan fingerprint density at radius 1 is 1.67 bits per heavy atom. The molecule has 78 valence electrons. The van der Waals surface area contributed by atoms with Crippen LogP contribution in [0.15, 0.2) is 22.9 Å². The molecule has 0 amide bonds. The molecule has 0 aromatic carbocycles. The smallest absolute Gasteiger partial charge is 0.354 e. The van der Waals surface area contributed by atoms with E-state index in [2.05, 4.69) is 10.3 Å². The van der Waals surface area contributed by atoms with Crippen LogP contribution in [-0.4, -0.2) is 26.0 Å². The maximum atomic E-state index is 10.8. The minimum absolute atomic E-state index is 0.129. The third-order valence-electron chi connectivity index (χ3n) is 1.92. The van der Waals surface area contributed by atoms with E-state index in [-0.39, 0.29) is 12.2 Å². The molecule has 0 saturated heterocycles. The fraction of sp³-hybridized carbons (Fsp3) is 0.222. The minimum atomic E-state index is -1.01. The molecule has 0 atom stereocenters. The van der Waals surface area contributed by atoms with Crippen LogP contribution in [-0.2, 0) is 6.54 Å². The average molecular weight is 207 g/mol. The lowest BCUT2D eigenvalue weighted by Gasteiger charge is -1.99. The number of carboxylic acid groups (broad SMARTS) is 1. The van der Waals surface area contributed by atoms with E-state index in [1.54, 1.807) is 13.0 Å². The lowest BCUT2D eigenvalue weighted by Crippen LogP contribution is -2.10. The molecule has 1 N–H and O–H groups in total. The standard InChI is InChI=1S/C9H9N3O3/c1-6-4-7(15-11-6)5-12-8(9(13)14)2-3-10-12/h2-4H,5H2,1H3,(H,13,14). The highest BCUT2D eigenvalue weighted by Crippen LogP contribution is 2.07. The average Bonchev–Trinajstić information content (AvgIpc) is 2.75. The van der Waals surface area contributed by atoms with Crippen LogP contribution in [0.2, 0.25) is 0 Å². The predicted octanol–water partition coefficient (Wildman–Crippen LogP) is 0.926. The van der Waals surface area contributed by atoms with Crippen molar-refractivity contribution in [3.05, 3.63) is 35.5 Å². The number of hydrogen-bond donors (Lipinski definition) is 1. The number of carboxylic acids is 1. The van der Waals surface area contributed by atoms with Gasteiger partial charge in [-0.25, -0.2) is 4.79 Å². The largest absolute Gasteiger partial charge is 0.477 e. The van der Waals surface area contributed by atoms with Crippen molar-refractivity contribution in [1.29, 1.82) is 0 Å². The summed E-state index contributed by atoms with van der Waals surface area (Å²) in [6, 6.07) is 3.18. The maximum Gasteiger partial charge on any atom is 0.354 e. The van der Waals surface area contributed by atoms with Crippen molar-refractivity contribution in [3.8, 4) is 0 Å². The molecule has 0 fully saturated rings. The van der Waals surface area contributed by atoms with Crippen molar-refractivity contribution in [3.63, 3.8) is 0 Å². The maximum absolute atomic E-state index is 10.8. The van der Waals surface area contributed by atoms with Crippen molar-refractivity contribution >= 4 is 5.97 Å².